The molecule has 0 saturated heterocycles. The van der Waals surface area contributed by atoms with Gasteiger partial charge in [-0.15, -0.1) is 0 Å². The number of benzene rings is 1. The summed E-state index contributed by atoms with van der Waals surface area (Å²) in [5.41, 5.74) is 0.101. The zero-order chi connectivity index (χ0) is 12.1. The summed E-state index contributed by atoms with van der Waals surface area (Å²) in [6, 6.07) is 5.15. The summed E-state index contributed by atoms with van der Waals surface area (Å²) in [4.78, 5) is 20.9. The average molecular weight is 224 g/mol. The fourth-order valence-electron chi connectivity index (χ4n) is 1.28. The molecule has 1 aromatic rings. The second-order valence-electron chi connectivity index (χ2n) is 3.22. The van der Waals surface area contributed by atoms with E-state index in [-0.39, 0.29) is 11.4 Å². The smallest absolute Gasteiger partial charge is 0.326 e. The first kappa shape index (κ1) is 12.0. The van der Waals surface area contributed by atoms with Crippen molar-refractivity contribution in [2.24, 2.45) is 0 Å². The Morgan fingerprint density at radius 2 is 2.19 bits per heavy atom. The number of nitro groups is 1. The zero-order valence-corrected chi connectivity index (χ0v) is 8.71. The van der Waals surface area contributed by atoms with E-state index in [1.165, 1.54) is 18.2 Å². The van der Waals surface area contributed by atoms with Gasteiger partial charge in [0.2, 0.25) is 0 Å². The highest BCUT2D eigenvalue weighted by atomic mass is 16.6. The zero-order valence-electron chi connectivity index (χ0n) is 8.71. The van der Waals surface area contributed by atoms with E-state index >= 15 is 0 Å². The Balaban J connectivity index is 2.95. The van der Waals surface area contributed by atoms with Gasteiger partial charge in [-0.1, -0.05) is 19.1 Å². The van der Waals surface area contributed by atoms with Gasteiger partial charge in [-0.3, -0.25) is 10.1 Å². The Hall–Kier alpha value is -2.11. The van der Waals surface area contributed by atoms with E-state index in [2.05, 4.69) is 5.32 Å². The van der Waals surface area contributed by atoms with Gasteiger partial charge in [0, 0.05) is 6.07 Å². The molecule has 0 heterocycles. The van der Waals surface area contributed by atoms with Crippen LogP contribution in [0.4, 0.5) is 11.4 Å². The Labute approximate surface area is 92.0 Å². The normalized spacial score (nSPS) is 11.8. The number of carbonyl (C=O) groups is 1. The van der Waals surface area contributed by atoms with Crippen molar-refractivity contribution >= 4 is 17.3 Å². The molecule has 6 heteroatoms. The number of carboxylic acid groups (broad SMARTS) is 1. The van der Waals surface area contributed by atoms with Crippen LogP contribution in [0.15, 0.2) is 24.3 Å². The molecule has 0 bridgehead atoms. The van der Waals surface area contributed by atoms with Gasteiger partial charge < -0.3 is 10.4 Å². The molecule has 0 saturated carbocycles. The fourth-order valence-corrected chi connectivity index (χ4v) is 1.28. The maximum atomic E-state index is 10.8. The molecule has 0 amide bonds. The van der Waals surface area contributed by atoms with Crippen LogP contribution in [-0.2, 0) is 4.79 Å². The van der Waals surface area contributed by atoms with E-state index in [1.807, 2.05) is 0 Å². The molecule has 2 N–H and O–H groups in total. The van der Waals surface area contributed by atoms with Crippen molar-refractivity contribution in [2.45, 2.75) is 19.4 Å². The standard InChI is InChI=1S/C10H12N2O4/c1-2-7(10(13)14)11-8-5-3-4-6-9(8)12(15)16/h3-7,11H,2H2,1H3,(H,13,14). The molecule has 1 unspecified atom stereocenters. The first-order valence-corrected chi connectivity index (χ1v) is 4.79. The minimum atomic E-state index is -1.03. The van der Waals surface area contributed by atoms with Crippen LogP contribution in [-0.4, -0.2) is 22.0 Å². The number of carboxylic acids is 1. The third-order valence-corrected chi connectivity index (χ3v) is 2.14. The summed E-state index contributed by atoms with van der Waals surface area (Å²) >= 11 is 0. The molecule has 1 atom stereocenters. The van der Waals surface area contributed by atoms with Crippen molar-refractivity contribution in [3.05, 3.63) is 34.4 Å². The molecule has 0 aromatic heterocycles. The van der Waals surface area contributed by atoms with Gasteiger partial charge in [0.05, 0.1) is 4.92 Å². The number of hydrogen-bond acceptors (Lipinski definition) is 4. The fraction of sp³-hybridized carbons (Fsp3) is 0.300. The summed E-state index contributed by atoms with van der Waals surface area (Å²) in [5, 5.41) is 22.1. The van der Waals surface area contributed by atoms with Gasteiger partial charge in [0.15, 0.2) is 0 Å². The minimum absolute atomic E-state index is 0.123. The largest absolute Gasteiger partial charge is 0.480 e. The second-order valence-corrected chi connectivity index (χ2v) is 3.22. The predicted molar refractivity (Wildman–Crippen MR) is 58.4 cm³/mol. The van der Waals surface area contributed by atoms with Gasteiger partial charge in [0.1, 0.15) is 11.7 Å². The van der Waals surface area contributed by atoms with Crippen LogP contribution in [0.25, 0.3) is 0 Å². The number of nitrogens with one attached hydrogen (secondary N) is 1. The lowest BCUT2D eigenvalue weighted by atomic mass is 10.2. The maximum absolute atomic E-state index is 10.8. The predicted octanol–water partition coefficient (Wildman–Crippen LogP) is 1.87. The van der Waals surface area contributed by atoms with Crippen molar-refractivity contribution in [1.29, 1.82) is 0 Å². The molecule has 1 aromatic carbocycles. The highest BCUT2D eigenvalue weighted by Gasteiger charge is 2.19. The summed E-state index contributed by atoms with van der Waals surface area (Å²) in [5.74, 6) is -1.03. The van der Waals surface area contributed by atoms with Crippen molar-refractivity contribution in [3.8, 4) is 0 Å². The lowest BCUT2D eigenvalue weighted by Crippen LogP contribution is -2.28. The first-order chi connectivity index (χ1) is 7.56. The van der Waals surface area contributed by atoms with Gasteiger partial charge in [-0.2, -0.15) is 0 Å². The quantitative estimate of drug-likeness (QED) is 0.588. The van der Waals surface area contributed by atoms with Gasteiger partial charge >= 0.3 is 5.97 Å². The SMILES string of the molecule is CCC(Nc1ccccc1[N+](=O)[O-])C(=O)O. The number of anilines is 1. The molecule has 16 heavy (non-hydrogen) atoms. The van der Waals surface area contributed by atoms with E-state index in [9.17, 15) is 14.9 Å². The molecule has 1 rings (SSSR count). The van der Waals surface area contributed by atoms with E-state index < -0.39 is 16.9 Å². The van der Waals surface area contributed by atoms with Crippen LogP contribution in [0.1, 0.15) is 13.3 Å². The molecule has 6 nitrogen and oxygen atoms in total. The van der Waals surface area contributed by atoms with E-state index in [0.717, 1.165) is 0 Å². The van der Waals surface area contributed by atoms with Crippen LogP contribution >= 0.6 is 0 Å². The topological polar surface area (TPSA) is 92.5 Å². The molecule has 86 valence electrons. The van der Waals surface area contributed by atoms with Crippen LogP contribution in [0.5, 0.6) is 0 Å². The van der Waals surface area contributed by atoms with Crippen molar-refractivity contribution in [1.82, 2.24) is 0 Å². The lowest BCUT2D eigenvalue weighted by molar-refractivity contribution is -0.384. The highest BCUT2D eigenvalue weighted by Crippen LogP contribution is 2.24. The monoisotopic (exact) mass is 224 g/mol. The maximum Gasteiger partial charge on any atom is 0.326 e. The number of nitrogens with zero attached hydrogens (tertiary/aromatic N) is 1. The third kappa shape index (κ3) is 2.69. The van der Waals surface area contributed by atoms with Gasteiger partial charge in [-0.25, -0.2) is 4.79 Å². The van der Waals surface area contributed by atoms with Crippen LogP contribution in [0.2, 0.25) is 0 Å². The third-order valence-electron chi connectivity index (χ3n) is 2.14. The Morgan fingerprint density at radius 3 is 2.69 bits per heavy atom. The van der Waals surface area contributed by atoms with Crippen molar-refractivity contribution in [2.75, 3.05) is 5.32 Å². The summed E-state index contributed by atoms with van der Waals surface area (Å²) in [6.07, 6.45) is 0.349. The van der Waals surface area contributed by atoms with Crippen molar-refractivity contribution < 1.29 is 14.8 Å². The molecule has 0 radical (unpaired) electrons. The Kier molecular flexibility index (Phi) is 3.82. The molecule has 0 aliphatic heterocycles. The number of aliphatic carboxylic acids is 1. The van der Waals surface area contributed by atoms with E-state index in [4.69, 9.17) is 5.11 Å². The highest BCUT2D eigenvalue weighted by molar-refractivity contribution is 5.78. The molecule has 0 aliphatic carbocycles. The minimum Gasteiger partial charge on any atom is -0.480 e. The van der Waals surface area contributed by atoms with Crippen molar-refractivity contribution in [3.63, 3.8) is 0 Å². The summed E-state index contributed by atoms with van der Waals surface area (Å²) in [6.45, 7) is 1.69. The van der Waals surface area contributed by atoms with E-state index in [0.29, 0.717) is 6.42 Å². The number of nitro benzene ring substituents is 1. The number of hydrogen-bond donors (Lipinski definition) is 2. The number of para-hydroxylation sites is 2. The first-order valence-electron chi connectivity index (χ1n) is 4.79. The van der Waals surface area contributed by atoms with Crippen LogP contribution < -0.4 is 5.32 Å². The molecular weight excluding hydrogens is 212 g/mol. The molecule has 0 fully saturated rings. The average Bonchev–Trinajstić information content (AvgIpc) is 2.25. The van der Waals surface area contributed by atoms with Gasteiger partial charge in [0.25, 0.3) is 5.69 Å². The molecule has 0 aliphatic rings. The van der Waals surface area contributed by atoms with E-state index in [1.54, 1.807) is 13.0 Å². The van der Waals surface area contributed by atoms with Crippen LogP contribution in [0, 0.1) is 10.1 Å². The second kappa shape index (κ2) is 5.11. The Bertz CT molecular complexity index is 406. The van der Waals surface area contributed by atoms with Gasteiger partial charge in [-0.05, 0) is 12.5 Å². The lowest BCUT2D eigenvalue weighted by Gasteiger charge is -2.13. The summed E-state index contributed by atoms with van der Waals surface area (Å²) in [7, 11) is 0. The Morgan fingerprint density at radius 1 is 1.56 bits per heavy atom. The number of rotatable bonds is 5. The van der Waals surface area contributed by atoms with Crippen LogP contribution in [0.3, 0.4) is 0 Å². The summed E-state index contributed by atoms with van der Waals surface area (Å²) < 4.78 is 0. The molecular formula is C10H12N2O4. The molecule has 0 spiro atoms.